The van der Waals surface area contributed by atoms with Gasteiger partial charge in [0, 0.05) is 0 Å². The molecule has 1 aliphatic rings. The van der Waals surface area contributed by atoms with Gasteiger partial charge in [-0.05, 0) is 0 Å². The average Bonchev–Trinajstić information content (AvgIpc) is 2.08. The predicted octanol–water partition coefficient (Wildman–Crippen LogP) is -3.12. The molecule has 1 rings (SSSR count). The van der Waals surface area contributed by atoms with Crippen molar-refractivity contribution >= 4 is 16.1 Å². The molecule has 0 aromatic heterocycles. The molecular weight excluding hydrogens is 232 g/mol. The van der Waals surface area contributed by atoms with Crippen LogP contribution in [0.4, 0.5) is 0 Å². The number of cyclic esters (lactones) is 1. The van der Waals surface area contributed by atoms with Crippen molar-refractivity contribution in [2.24, 2.45) is 0 Å². The highest BCUT2D eigenvalue weighted by Crippen LogP contribution is 2.17. The maximum Gasteiger partial charge on any atom is 0.338 e. The van der Waals surface area contributed by atoms with Crippen LogP contribution in [0.5, 0.6) is 0 Å². The normalized spacial score (nSPS) is 37.5. The molecule has 88 valence electrons. The highest BCUT2D eigenvalue weighted by Gasteiger charge is 2.45. The van der Waals surface area contributed by atoms with E-state index in [2.05, 4.69) is 4.74 Å². The van der Waals surface area contributed by atoms with Crippen LogP contribution in [0, 0.1) is 0 Å². The molecule has 0 aliphatic carbocycles. The number of carbonyl (C=O) groups is 1. The van der Waals surface area contributed by atoms with E-state index < -0.39 is 46.3 Å². The van der Waals surface area contributed by atoms with Crippen LogP contribution in [-0.2, 0) is 19.6 Å². The van der Waals surface area contributed by atoms with Crippen molar-refractivity contribution in [3.63, 3.8) is 0 Å². The molecular formula is C6H10O8S. The lowest BCUT2D eigenvalue weighted by Gasteiger charge is -2.33. The summed E-state index contributed by atoms with van der Waals surface area (Å²) in [5.41, 5.74) is 0. The Kier molecular flexibility index (Phi) is 3.31. The molecule has 1 fully saturated rings. The Bertz CT molecular complexity index is 348. The van der Waals surface area contributed by atoms with Gasteiger partial charge in [-0.1, -0.05) is 0 Å². The highest BCUT2D eigenvalue weighted by molar-refractivity contribution is 7.85. The molecule has 0 radical (unpaired) electrons. The summed E-state index contributed by atoms with van der Waals surface area (Å²) in [6, 6.07) is 0. The first-order valence-corrected chi connectivity index (χ1v) is 5.53. The lowest BCUT2D eigenvalue weighted by molar-refractivity contribution is -0.199. The Morgan fingerprint density at radius 3 is 2.20 bits per heavy atom. The van der Waals surface area contributed by atoms with Crippen LogP contribution >= 0.6 is 0 Å². The number of aliphatic hydroxyl groups is 3. The molecule has 0 bridgehead atoms. The van der Waals surface area contributed by atoms with Gasteiger partial charge in [0.1, 0.15) is 24.1 Å². The molecule has 0 aromatic rings. The van der Waals surface area contributed by atoms with Gasteiger partial charge in [-0.25, -0.2) is 4.79 Å². The second-order valence-corrected chi connectivity index (χ2v) is 4.65. The van der Waals surface area contributed by atoms with Crippen molar-refractivity contribution in [3.05, 3.63) is 0 Å². The molecule has 1 aliphatic heterocycles. The van der Waals surface area contributed by atoms with E-state index in [-0.39, 0.29) is 0 Å². The van der Waals surface area contributed by atoms with Crippen LogP contribution in [0.3, 0.4) is 0 Å². The molecule has 15 heavy (non-hydrogen) atoms. The molecule has 9 heteroatoms. The minimum Gasteiger partial charge on any atom is -0.456 e. The largest absolute Gasteiger partial charge is 0.456 e. The van der Waals surface area contributed by atoms with Crippen LogP contribution in [0.2, 0.25) is 0 Å². The number of esters is 1. The van der Waals surface area contributed by atoms with Gasteiger partial charge in [-0.2, -0.15) is 8.42 Å². The minimum atomic E-state index is -4.45. The summed E-state index contributed by atoms with van der Waals surface area (Å²) in [5.74, 6) is -2.29. The maximum absolute atomic E-state index is 10.8. The van der Waals surface area contributed by atoms with Crippen LogP contribution < -0.4 is 0 Å². The lowest BCUT2D eigenvalue weighted by Crippen LogP contribution is -2.57. The van der Waals surface area contributed by atoms with Gasteiger partial charge in [0.05, 0.1) is 0 Å². The van der Waals surface area contributed by atoms with Gasteiger partial charge in [0.2, 0.25) is 0 Å². The first kappa shape index (κ1) is 12.3. The molecule has 0 spiro atoms. The average molecular weight is 242 g/mol. The molecule has 1 saturated heterocycles. The second kappa shape index (κ2) is 4.02. The maximum atomic E-state index is 10.8. The number of rotatable bonds is 2. The van der Waals surface area contributed by atoms with E-state index in [4.69, 9.17) is 14.8 Å². The third-order valence-electron chi connectivity index (χ3n) is 1.94. The van der Waals surface area contributed by atoms with Crippen molar-refractivity contribution < 1.29 is 37.8 Å². The molecule has 0 unspecified atom stereocenters. The second-order valence-electron chi connectivity index (χ2n) is 3.15. The Morgan fingerprint density at radius 1 is 1.20 bits per heavy atom. The zero-order valence-corrected chi connectivity index (χ0v) is 8.16. The topological polar surface area (TPSA) is 141 Å². The molecule has 4 atom stereocenters. The van der Waals surface area contributed by atoms with E-state index in [1.165, 1.54) is 0 Å². The van der Waals surface area contributed by atoms with E-state index >= 15 is 0 Å². The molecule has 4 N–H and O–H groups in total. The summed E-state index contributed by atoms with van der Waals surface area (Å²) in [7, 11) is -4.45. The molecule has 0 aromatic carbocycles. The van der Waals surface area contributed by atoms with Gasteiger partial charge in [0.15, 0.2) is 6.10 Å². The summed E-state index contributed by atoms with van der Waals surface area (Å²) >= 11 is 0. The smallest absolute Gasteiger partial charge is 0.338 e. The number of carbonyl (C=O) groups excluding carboxylic acids is 1. The zero-order chi connectivity index (χ0) is 11.8. The lowest BCUT2D eigenvalue weighted by atomic mass is 10.0. The Labute approximate surface area is 84.8 Å². The van der Waals surface area contributed by atoms with Gasteiger partial charge < -0.3 is 20.1 Å². The van der Waals surface area contributed by atoms with Gasteiger partial charge in [-0.15, -0.1) is 0 Å². The summed E-state index contributed by atoms with van der Waals surface area (Å²) < 4.78 is 33.7. The minimum absolute atomic E-state index is 1.04. The Morgan fingerprint density at radius 2 is 1.73 bits per heavy atom. The van der Waals surface area contributed by atoms with Gasteiger partial charge in [-0.3, -0.25) is 4.55 Å². The number of ether oxygens (including phenoxy) is 1. The van der Waals surface area contributed by atoms with Crippen LogP contribution in [0.1, 0.15) is 0 Å². The predicted molar refractivity (Wildman–Crippen MR) is 44.3 cm³/mol. The fraction of sp³-hybridized carbons (Fsp3) is 0.833. The summed E-state index contributed by atoms with van der Waals surface area (Å²) in [6.07, 6.45) is -7.11. The van der Waals surface area contributed by atoms with Gasteiger partial charge >= 0.3 is 5.97 Å². The molecule has 0 amide bonds. The highest BCUT2D eigenvalue weighted by atomic mass is 32.2. The first-order chi connectivity index (χ1) is 6.72. The standard InChI is InChI=1S/C6H10O8S/c7-3-2(1-15(11,12)13)14-6(10)5(9)4(3)8/h2-5,7-9H,1H2,(H,11,12,13)/t2-,3+,4+,5-/m1/s1. The van der Waals surface area contributed by atoms with Crippen molar-refractivity contribution in [2.75, 3.05) is 5.75 Å². The monoisotopic (exact) mass is 242 g/mol. The number of hydrogen-bond acceptors (Lipinski definition) is 7. The fourth-order valence-corrected chi connectivity index (χ4v) is 1.86. The first-order valence-electron chi connectivity index (χ1n) is 3.92. The van der Waals surface area contributed by atoms with Crippen LogP contribution in [-0.4, -0.2) is 64.4 Å². The van der Waals surface area contributed by atoms with E-state index in [0.29, 0.717) is 0 Å². The number of aliphatic hydroxyl groups excluding tert-OH is 3. The molecule has 1 heterocycles. The van der Waals surface area contributed by atoms with Crippen molar-refractivity contribution in [2.45, 2.75) is 24.4 Å². The van der Waals surface area contributed by atoms with Crippen molar-refractivity contribution in [3.8, 4) is 0 Å². The SMILES string of the molecule is O=C1O[C@H](CS(=O)(=O)O)[C@H](O)[C@H](O)[C@H]1O. The van der Waals surface area contributed by atoms with Crippen LogP contribution in [0.15, 0.2) is 0 Å². The Balaban J connectivity index is 2.80. The third kappa shape index (κ3) is 2.86. The fourth-order valence-electron chi connectivity index (χ4n) is 1.17. The molecule has 8 nitrogen and oxygen atoms in total. The van der Waals surface area contributed by atoms with Crippen LogP contribution in [0.25, 0.3) is 0 Å². The zero-order valence-electron chi connectivity index (χ0n) is 7.35. The summed E-state index contributed by atoms with van der Waals surface area (Å²) in [6.45, 7) is 0. The summed E-state index contributed by atoms with van der Waals surface area (Å²) in [5, 5.41) is 27.3. The van der Waals surface area contributed by atoms with Gasteiger partial charge in [0.25, 0.3) is 10.1 Å². The number of hydrogen-bond donors (Lipinski definition) is 4. The third-order valence-corrected chi connectivity index (χ3v) is 2.69. The van der Waals surface area contributed by atoms with E-state index in [0.717, 1.165) is 0 Å². The Hall–Kier alpha value is -0.740. The van der Waals surface area contributed by atoms with E-state index in [9.17, 15) is 18.3 Å². The van der Waals surface area contributed by atoms with Crippen molar-refractivity contribution in [1.82, 2.24) is 0 Å². The van der Waals surface area contributed by atoms with E-state index in [1.807, 2.05) is 0 Å². The van der Waals surface area contributed by atoms with Crippen molar-refractivity contribution in [1.29, 1.82) is 0 Å². The molecule has 0 saturated carbocycles. The quantitative estimate of drug-likeness (QED) is 0.294. The summed E-state index contributed by atoms with van der Waals surface area (Å²) in [4.78, 5) is 10.8. The van der Waals surface area contributed by atoms with E-state index in [1.54, 1.807) is 0 Å².